The summed E-state index contributed by atoms with van der Waals surface area (Å²) < 4.78 is 16.4. The second-order valence-corrected chi connectivity index (χ2v) is 4.95. The van der Waals surface area contributed by atoms with Gasteiger partial charge in [-0.15, -0.1) is 4.98 Å². The largest absolute Gasteiger partial charge is 0.464 e. The van der Waals surface area contributed by atoms with Crippen molar-refractivity contribution in [2.75, 3.05) is 38.3 Å². The van der Waals surface area contributed by atoms with E-state index in [4.69, 9.17) is 14.2 Å². The van der Waals surface area contributed by atoms with E-state index in [1.807, 2.05) is 6.92 Å². The number of aromatic nitrogens is 3. The van der Waals surface area contributed by atoms with Gasteiger partial charge in [-0.1, -0.05) is 6.92 Å². The summed E-state index contributed by atoms with van der Waals surface area (Å²) in [6, 6.07) is 0.617. The molecule has 0 saturated carbocycles. The molecule has 0 amide bonds. The Kier molecular flexibility index (Phi) is 6.46. The highest BCUT2D eigenvalue weighted by molar-refractivity contribution is 5.27. The second-order valence-electron chi connectivity index (χ2n) is 4.95. The van der Waals surface area contributed by atoms with Gasteiger partial charge in [0.2, 0.25) is 5.95 Å². The van der Waals surface area contributed by atoms with Crippen LogP contribution in [0.5, 0.6) is 12.0 Å². The van der Waals surface area contributed by atoms with Crippen LogP contribution in [0.2, 0.25) is 0 Å². The number of rotatable bonds is 8. The van der Waals surface area contributed by atoms with Crippen LogP contribution in [0.3, 0.4) is 0 Å². The van der Waals surface area contributed by atoms with Crippen molar-refractivity contribution < 1.29 is 14.2 Å². The number of hydrogen-bond acceptors (Lipinski definition) is 7. The van der Waals surface area contributed by atoms with Crippen LogP contribution in [-0.2, 0) is 4.74 Å². The lowest BCUT2D eigenvalue weighted by molar-refractivity contribution is 0.0480. The first-order chi connectivity index (χ1) is 10.3. The molecule has 118 valence electrons. The molecule has 2 heterocycles. The van der Waals surface area contributed by atoms with Crippen LogP contribution in [0.4, 0.5) is 5.95 Å². The van der Waals surface area contributed by atoms with E-state index in [-0.39, 0.29) is 0 Å². The van der Waals surface area contributed by atoms with Crippen molar-refractivity contribution in [1.82, 2.24) is 15.0 Å². The summed E-state index contributed by atoms with van der Waals surface area (Å²) in [6.45, 7) is 7.50. The van der Waals surface area contributed by atoms with Gasteiger partial charge in [-0.05, 0) is 32.1 Å². The highest BCUT2D eigenvalue weighted by atomic mass is 16.5. The lowest BCUT2D eigenvalue weighted by Crippen LogP contribution is -2.22. The van der Waals surface area contributed by atoms with E-state index < -0.39 is 0 Å². The van der Waals surface area contributed by atoms with Crippen molar-refractivity contribution in [3.8, 4) is 12.0 Å². The SMILES string of the molecule is CCCNc1nc(OCC)nc(OCC2CCOCC2)n1. The molecule has 0 atom stereocenters. The van der Waals surface area contributed by atoms with Gasteiger partial charge in [-0.2, -0.15) is 9.97 Å². The Hall–Kier alpha value is -1.63. The van der Waals surface area contributed by atoms with Crippen molar-refractivity contribution >= 4 is 5.95 Å². The summed E-state index contributed by atoms with van der Waals surface area (Å²) in [5.74, 6) is 0.996. The van der Waals surface area contributed by atoms with Crippen molar-refractivity contribution in [1.29, 1.82) is 0 Å². The first-order valence-corrected chi connectivity index (χ1v) is 7.65. The van der Waals surface area contributed by atoms with Crippen molar-refractivity contribution in [2.24, 2.45) is 5.92 Å². The fourth-order valence-electron chi connectivity index (χ4n) is 2.02. The maximum atomic E-state index is 5.72. The zero-order valence-electron chi connectivity index (χ0n) is 12.8. The molecule has 0 radical (unpaired) electrons. The smallest absolute Gasteiger partial charge is 0.324 e. The highest BCUT2D eigenvalue weighted by Crippen LogP contribution is 2.18. The monoisotopic (exact) mass is 296 g/mol. The Balaban J connectivity index is 1.96. The van der Waals surface area contributed by atoms with E-state index in [1.54, 1.807) is 0 Å². The first-order valence-electron chi connectivity index (χ1n) is 7.65. The van der Waals surface area contributed by atoms with Crippen LogP contribution in [0, 0.1) is 5.92 Å². The number of nitrogens with zero attached hydrogens (tertiary/aromatic N) is 3. The topological polar surface area (TPSA) is 78.4 Å². The maximum absolute atomic E-state index is 5.72. The molecular weight excluding hydrogens is 272 g/mol. The molecule has 1 aliphatic rings. The summed E-state index contributed by atoms with van der Waals surface area (Å²) >= 11 is 0. The molecular formula is C14H24N4O3. The lowest BCUT2D eigenvalue weighted by Gasteiger charge is -2.21. The zero-order chi connectivity index (χ0) is 14.9. The predicted molar refractivity (Wildman–Crippen MR) is 78.8 cm³/mol. The Morgan fingerprint density at radius 3 is 2.48 bits per heavy atom. The van der Waals surface area contributed by atoms with E-state index in [2.05, 4.69) is 27.2 Å². The molecule has 7 heteroatoms. The van der Waals surface area contributed by atoms with Gasteiger partial charge in [0.15, 0.2) is 0 Å². The van der Waals surface area contributed by atoms with Crippen molar-refractivity contribution in [2.45, 2.75) is 33.1 Å². The summed E-state index contributed by atoms with van der Waals surface area (Å²) in [4.78, 5) is 12.6. The molecule has 21 heavy (non-hydrogen) atoms. The highest BCUT2D eigenvalue weighted by Gasteiger charge is 2.16. The van der Waals surface area contributed by atoms with Gasteiger partial charge in [-0.25, -0.2) is 0 Å². The molecule has 1 aromatic heterocycles. The molecule has 0 spiro atoms. The van der Waals surface area contributed by atoms with Gasteiger partial charge in [0.05, 0.1) is 13.2 Å². The van der Waals surface area contributed by atoms with Gasteiger partial charge < -0.3 is 19.5 Å². The molecule has 0 aromatic carbocycles. The third-order valence-electron chi connectivity index (χ3n) is 3.19. The molecule has 1 N–H and O–H groups in total. The molecule has 2 rings (SSSR count). The molecule has 1 aliphatic heterocycles. The van der Waals surface area contributed by atoms with Gasteiger partial charge >= 0.3 is 12.0 Å². The quantitative estimate of drug-likeness (QED) is 0.784. The van der Waals surface area contributed by atoms with Crippen LogP contribution in [0.25, 0.3) is 0 Å². The van der Waals surface area contributed by atoms with Crippen LogP contribution >= 0.6 is 0 Å². The fraction of sp³-hybridized carbons (Fsp3) is 0.786. The lowest BCUT2D eigenvalue weighted by atomic mass is 10.0. The Labute approximate surface area is 125 Å². The van der Waals surface area contributed by atoms with E-state index in [0.29, 0.717) is 37.1 Å². The third-order valence-corrected chi connectivity index (χ3v) is 3.19. The van der Waals surface area contributed by atoms with Gasteiger partial charge in [0.1, 0.15) is 0 Å². The number of hydrogen-bond donors (Lipinski definition) is 1. The van der Waals surface area contributed by atoms with E-state index in [9.17, 15) is 0 Å². The molecule has 0 bridgehead atoms. The number of anilines is 1. The summed E-state index contributed by atoms with van der Waals surface area (Å²) in [6.07, 6.45) is 3.03. The van der Waals surface area contributed by atoms with E-state index in [1.165, 1.54) is 0 Å². The van der Waals surface area contributed by atoms with Crippen LogP contribution < -0.4 is 14.8 Å². The molecule has 1 fully saturated rings. The predicted octanol–water partition coefficient (Wildman–Crippen LogP) is 1.90. The molecule has 1 aromatic rings. The van der Waals surface area contributed by atoms with Gasteiger partial charge in [0.25, 0.3) is 0 Å². The molecule has 7 nitrogen and oxygen atoms in total. The average Bonchev–Trinajstić information content (AvgIpc) is 2.52. The van der Waals surface area contributed by atoms with Crippen LogP contribution in [0.15, 0.2) is 0 Å². The molecule has 1 saturated heterocycles. The van der Waals surface area contributed by atoms with Gasteiger partial charge in [0, 0.05) is 19.8 Å². The maximum Gasteiger partial charge on any atom is 0.324 e. The van der Waals surface area contributed by atoms with Crippen LogP contribution in [0.1, 0.15) is 33.1 Å². The fourth-order valence-corrected chi connectivity index (χ4v) is 2.02. The Bertz CT molecular complexity index is 425. The molecule has 0 unspecified atom stereocenters. The Morgan fingerprint density at radius 2 is 1.81 bits per heavy atom. The summed E-state index contributed by atoms with van der Waals surface area (Å²) in [5.41, 5.74) is 0. The first kappa shape index (κ1) is 15.8. The minimum absolute atomic E-state index is 0.299. The Morgan fingerprint density at radius 1 is 1.10 bits per heavy atom. The zero-order valence-corrected chi connectivity index (χ0v) is 12.8. The average molecular weight is 296 g/mol. The number of nitrogens with one attached hydrogen (secondary N) is 1. The van der Waals surface area contributed by atoms with Crippen LogP contribution in [-0.4, -0.2) is 47.9 Å². The summed E-state index contributed by atoms with van der Waals surface area (Å²) in [7, 11) is 0. The van der Waals surface area contributed by atoms with E-state index in [0.717, 1.165) is 39.0 Å². The molecule has 0 aliphatic carbocycles. The van der Waals surface area contributed by atoms with Crippen molar-refractivity contribution in [3.63, 3.8) is 0 Å². The minimum atomic E-state index is 0.299. The standard InChI is InChI=1S/C14H24N4O3/c1-3-7-15-12-16-13(20-4-2)18-14(17-12)21-10-11-5-8-19-9-6-11/h11H,3-10H2,1-2H3,(H,15,16,17,18). The number of ether oxygens (including phenoxy) is 3. The van der Waals surface area contributed by atoms with Gasteiger partial charge in [-0.3, -0.25) is 0 Å². The summed E-state index contributed by atoms with van der Waals surface area (Å²) in [5, 5.41) is 3.13. The second kappa shape index (κ2) is 8.61. The third kappa shape index (κ3) is 5.34. The normalized spacial score (nSPS) is 15.7. The van der Waals surface area contributed by atoms with Crippen molar-refractivity contribution in [3.05, 3.63) is 0 Å². The van der Waals surface area contributed by atoms with E-state index >= 15 is 0 Å². The minimum Gasteiger partial charge on any atom is -0.464 e.